The van der Waals surface area contributed by atoms with Crippen LogP contribution in [0.4, 0.5) is 0 Å². The summed E-state index contributed by atoms with van der Waals surface area (Å²) in [6.45, 7) is 1.87. The van der Waals surface area contributed by atoms with Gasteiger partial charge in [0.05, 0.1) is 6.04 Å². The van der Waals surface area contributed by atoms with Gasteiger partial charge < -0.3 is 0 Å². The Balaban J connectivity index is 2.64. The van der Waals surface area contributed by atoms with Crippen LogP contribution in [0.5, 0.6) is 0 Å². The highest BCUT2D eigenvalue weighted by atomic mass is 35.5. The molecular weight excluding hydrogens is 186 g/mol. The predicted octanol–water partition coefficient (Wildman–Crippen LogP) is 2.61. The minimum atomic E-state index is -0.0151. The van der Waals surface area contributed by atoms with E-state index in [0.717, 1.165) is 17.0 Å². The van der Waals surface area contributed by atoms with Crippen LogP contribution in [0.3, 0.4) is 0 Å². The van der Waals surface area contributed by atoms with Crippen molar-refractivity contribution in [2.75, 3.05) is 0 Å². The van der Waals surface area contributed by atoms with Crippen LogP contribution in [-0.4, -0.2) is 12.1 Å². The monoisotopic (exact) mass is 195 g/mol. The maximum absolute atomic E-state index is 9.95. The molecule has 1 rings (SSSR count). The molecule has 1 atom stereocenters. The van der Waals surface area contributed by atoms with Gasteiger partial charge in [-0.3, -0.25) is 0 Å². The molecule has 0 N–H and O–H groups in total. The van der Waals surface area contributed by atoms with Crippen LogP contribution in [0.25, 0.3) is 0 Å². The second-order valence-electron chi connectivity index (χ2n) is 2.90. The van der Waals surface area contributed by atoms with E-state index < -0.39 is 0 Å². The van der Waals surface area contributed by atoms with Gasteiger partial charge in [0.25, 0.3) is 0 Å². The van der Waals surface area contributed by atoms with Crippen molar-refractivity contribution in [2.24, 2.45) is 4.99 Å². The first-order valence-corrected chi connectivity index (χ1v) is 4.41. The molecule has 0 radical (unpaired) electrons. The van der Waals surface area contributed by atoms with Crippen molar-refractivity contribution in [3.8, 4) is 0 Å². The first-order valence-electron chi connectivity index (χ1n) is 4.04. The Morgan fingerprint density at radius 1 is 1.46 bits per heavy atom. The van der Waals surface area contributed by atoms with Gasteiger partial charge >= 0.3 is 0 Å². The van der Waals surface area contributed by atoms with E-state index in [1.165, 1.54) is 0 Å². The van der Waals surface area contributed by atoms with E-state index in [9.17, 15) is 4.79 Å². The van der Waals surface area contributed by atoms with Gasteiger partial charge in [-0.1, -0.05) is 23.7 Å². The second-order valence-corrected chi connectivity index (χ2v) is 3.34. The van der Waals surface area contributed by atoms with Crippen LogP contribution >= 0.6 is 11.6 Å². The summed E-state index contributed by atoms with van der Waals surface area (Å²) in [5.74, 6) is 0. The lowest BCUT2D eigenvalue weighted by atomic mass is 10.1. The molecule has 0 aliphatic carbocycles. The molecule has 0 fully saturated rings. The Labute approximate surface area is 82.3 Å². The molecule has 1 aromatic rings. The number of rotatable bonds is 3. The molecule has 0 saturated carbocycles. The van der Waals surface area contributed by atoms with Crippen LogP contribution in [0.2, 0.25) is 5.02 Å². The smallest absolute Gasteiger partial charge is 0.211 e. The average Bonchev–Trinajstić information content (AvgIpc) is 2.09. The lowest BCUT2D eigenvalue weighted by Crippen LogP contribution is -2.01. The third-order valence-electron chi connectivity index (χ3n) is 1.72. The first kappa shape index (κ1) is 9.97. The number of aliphatic imine (C=N–C) groups is 1. The molecule has 1 unspecified atom stereocenters. The van der Waals surface area contributed by atoms with Crippen LogP contribution in [0.1, 0.15) is 12.5 Å². The van der Waals surface area contributed by atoms with Crippen molar-refractivity contribution in [1.82, 2.24) is 0 Å². The minimum absolute atomic E-state index is 0.0151. The summed E-state index contributed by atoms with van der Waals surface area (Å²) >= 11 is 5.72. The third kappa shape index (κ3) is 3.41. The number of carbonyl (C=O) groups excluding carboxylic acids is 1. The molecule has 0 heterocycles. The van der Waals surface area contributed by atoms with E-state index in [2.05, 4.69) is 4.99 Å². The van der Waals surface area contributed by atoms with Crippen LogP contribution in [-0.2, 0) is 11.2 Å². The van der Waals surface area contributed by atoms with E-state index in [0.29, 0.717) is 0 Å². The molecule has 68 valence electrons. The SMILES string of the molecule is CC(Cc1ccc(Cl)cc1)N=C=O. The average molecular weight is 196 g/mol. The van der Waals surface area contributed by atoms with Crippen molar-refractivity contribution in [1.29, 1.82) is 0 Å². The van der Waals surface area contributed by atoms with Crippen molar-refractivity contribution >= 4 is 17.7 Å². The van der Waals surface area contributed by atoms with Gasteiger partial charge in [-0.2, -0.15) is 0 Å². The summed E-state index contributed by atoms with van der Waals surface area (Å²) in [6, 6.07) is 7.50. The lowest BCUT2D eigenvalue weighted by molar-refractivity contribution is 0.558. The maximum atomic E-state index is 9.95. The standard InChI is InChI=1S/C10H10ClNO/c1-8(12-7-13)6-9-2-4-10(11)5-3-9/h2-5,8H,6H2,1H3. The number of hydrogen-bond acceptors (Lipinski definition) is 2. The molecule has 1 aromatic carbocycles. The van der Waals surface area contributed by atoms with Crippen LogP contribution in [0, 0.1) is 0 Å². The normalized spacial score (nSPS) is 11.8. The molecular formula is C10H10ClNO. The zero-order valence-corrected chi connectivity index (χ0v) is 8.08. The van der Waals surface area contributed by atoms with E-state index in [4.69, 9.17) is 11.6 Å². The van der Waals surface area contributed by atoms with Gasteiger partial charge in [-0.25, -0.2) is 9.79 Å². The zero-order valence-electron chi connectivity index (χ0n) is 7.33. The number of benzene rings is 1. The van der Waals surface area contributed by atoms with Crippen molar-refractivity contribution in [3.05, 3.63) is 34.9 Å². The number of hydrogen-bond donors (Lipinski definition) is 0. The summed E-state index contributed by atoms with van der Waals surface area (Å²) in [7, 11) is 0. The van der Waals surface area contributed by atoms with Crippen molar-refractivity contribution < 1.29 is 4.79 Å². The van der Waals surface area contributed by atoms with E-state index >= 15 is 0 Å². The molecule has 0 aliphatic rings. The second kappa shape index (κ2) is 4.80. The van der Waals surface area contributed by atoms with Crippen LogP contribution in [0.15, 0.2) is 29.3 Å². The highest BCUT2D eigenvalue weighted by Gasteiger charge is 2.00. The Kier molecular flexibility index (Phi) is 3.69. The summed E-state index contributed by atoms with van der Waals surface area (Å²) in [5, 5.41) is 0.718. The molecule has 3 heteroatoms. The molecule has 0 aliphatic heterocycles. The van der Waals surface area contributed by atoms with Gasteiger partial charge in [-0.15, -0.1) is 0 Å². The lowest BCUT2D eigenvalue weighted by Gasteiger charge is -2.03. The van der Waals surface area contributed by atoms with Gasteiger partial charge in [0.2, 0.25) is 6.08 Å². The van der Waals surface area contributed by atoms with Crippen LogP contribution < -0.4 is 0 Å². The van der Waals surface area contributed by atoms with Gasteiger partial charge in [0.1, 0.15) is 0 Å². The Hall–Kier alpha value is -1.11. The highest BCUT2D eigenvalue weighted by molar-refractivity contribution is 6.30. The molecule has 0 bridgehead atoms. The van der Waals surface area contributed by atoms with E-state index in [1.54, 1.807) is 6.08 Å². The minimum Gasteiger partial charge on any atom is -0.211 e. The number of halogens is 1. The molecule has 13 heavy (non-hydrogen) atoms. The van der Waals surface area contributed by atoms with E-state index in [-0.39, 0.29) is 6.04 Å². The first-order chi connectivity index (χ1) is 6.22. The largest absolute Gasteiger partial charge is 0.235 e. The molecule has 0 saturated heterocycles. The Bertz CT molecular complexity index is 314. The quantitative estimate of drug-likeness (QED) is 0.539. The zero-order chi connectivity index (χ0) is 9.68. The fraction of sp³-hybridized carbons (Fsp3) is 0.300. The molecule has 2 nitrogen and oxygen atoms in total. The highest BCUT2D eigenvalue weighted by Crippen LogP contribution is 2.11. The maximum Gasteiger partial charge on any atom is 0.235 e. The molecule has 0 spiro atoms. The summed E-state index contributed by atoms with van der Waals surface area (Å²) in [4.78, 5) is 13.6. The topological polar surface area (TPSA) is 29.4 Å². The summed E-state index contributed by atoms with van der Waals surface area (Å²) < 4.78 is 0. The molecule has 0 amide bonds. The Morgan fingerprint density at radius 3 is 2.62 bits per heavy atom. The fourth-order valence-corrected chi connectivity index (χ4v) is 1.22. The Morgan fingerprint density at radius 2 is 2.08 bits per heavy atom. The van der Waals surface area contributed by atoms with Gasteiger partial charge in [0.15, 0.2) is 0 Å². The summed E-state index contributed by atoms with van der Waals surface area (Å²) in [5.41, 5.74) is 1.12. The van der Waals surface area contributed by atoms with Gasteiger partial charge in [-0.05, 0) is 31.0 Å². The van der Waals surface area contributed by atoms with Crippen molar-refractivity contribution in [3.63, 3.8) is 0 Å². The fourth-order valence-electron chi connectivity index (χ4n) is 1.10. The predicted molar refractivity (Wildman–Crippen MR) is 52.7 cm³/mol. The molecule has 0 aromatic heterocycles. The van der Waals surface area contributed by atoms with Crippen molar-refractivity contribution in [2.45, 2.75) is 19.4 Å². The third-order valence-corrected chi connectivity index (χ3v) is 1.97. The van der Waals surface area contributed by atoms with E-state index in [1.807, 2.05) is 31.2 Å². The number of nitrogens with zero attached hydrogens (tertiary/aromatic N) is 1. The summed E-state index contributed by atoms with van der Waals surface area (Å²) in [6.07, 6.45) is 2.29. The number of isocyanates is 1. The van der Waals surface area contributed by atoms with Gasteiger partial charge in [0, 0.05) is 5.02 Å².